The normalized spacial score (nSPS) is 57.6. The number of aliphatic hydroxyl groups is 4. The van der Waals surface area contributed by atoms with Crippen molar-refractivity contribution >= 4 is 5.97 Å². The minimum absolute atomic E-state index is 0.0152. The van der Waals surface area contributed by atoms with Gasteiger partial charge in [-0.1, -0.05) is 40.9 Å². The second-order valence-corrected chi connectivity index (χ2v) is 27.8. The number of carbonyl (C=O) groups is 1. The Kier molecular flexibility index (Phi) is 13.8. The van der Waals surface area contributed by atoms with Crippen LogP contribution in [-0.2, 0) is 75.8 Å². The first-order valence-corrected chi connectivity index (χ1v) is 30.9. The number of esters is 1. The summed E-state index contributed by atoms with van der Waals surface area (Å²) in [6.07, 6.45) is -0.945. The Balaban J connectivity index is 0.658. The van der Waals surface area contributed by atoms with Gasteiger partial charge < -0.3 is 91.5 Å². The third kappa shape index (κ3) is 9.31. The molecule has 80 heavy (non-hydrogen) atoms. The van der Waals surface area contributed by atoms with Gasteiger partial charge >= 0.3 is 5.97 Å². The molecule has 16 heterocycles. The van der Waals surface area contributed by atoms with E-state index in [-0.39, 0.29) is 122 Å². The number of ether oxygens (including phenoxy) is 15. The number of rotatable bonds is 4. The van der Waals surface area contributed by atoms with Crippen LogP contribution in [0.25, 0.3) is 0 Å². The van der Waals surface area contributed by atoms with Gasteiger partial charge in [-0.25, -0.2) is 0 Å². The molecular weight excluding hydrogens is 1040 g/mol. The van der Waals surface area contributed by atoms with Gasteiger partial charge in [-0.2, -0.15) is 0 Å². The molecule has 16 fully saturated rings. The van der Waals surface area contributed by atoms with Gasteiger partial charge in [0, 0.05) is 63.7 Å². The zero-order valence-corrected chi connectivity index (χ0v) is 46.8. The molecule has 16 aliphatic rings. The van der Waals surface area contributed by atoms with E-state index in [9.17, 15) is 25.2 Å². The number of hydrogen-bond acceptors (Lipinski definition) is 20. The van der Waals surface area contributed by atoms with Crippen molar-refractivity contribution in [2.24, 2.45) is 23.7 Å². The lowest BCUT2D eigenvalue weighted by Crippen LogP contribution is -2.62. The van der Waals surface area contributed by atoms with E-state index >= 15 is 0 Å². The lowest BCUT2D eigenvalue weighted by atomic mass is 9.79. The predicted octanol–water partition coefficient (Wildman–Crippen LogP) is 4.25. The van der Waals surface area contributed by atoms with Crippen molar-refractivity contribution in [2.45, 2.75) is 313 Å². The van der Waals surface area contributed by atoms with E-state index in [0.717, 1.165) is 36.8 Å². The monoisotopic (exact) mass is 1130 g/mol. The van der Waals surface area contributed by atoms with E-state index in [0.29, 0.717) is 70.6 Å². The molecule has 446 valence electrons. The van der Waals surface area contributed by atoms with Crippen molar-refractivity contribution in [3.05, 3.63) is 24.3 Å². The first-order chi connectivity index (χ1) is 38.3. The Morgan fingerprint density at radius 2 is 1.25 bits per heavy atom. The topological polar surface area (TPSA) is 236 Å². The molecule has 0 aliphatic carbocycles. The Morgan fingerprint density at radius 1 is 0.550 bits per heavy atom. The van der Waals surface area contributed by atoms with E-state index in [1.807, 2.05) is 0 Å². The van der Waals surface area contributed by atoms with E-state index in [1.54, 1.807) is 0 Å². The maximum atomic E-state index is 14.6. The van der Waals surface area contributed by atoms with Gasteiger partial charge in [0.1, 0.15) is 36.6 Å². The van der Waals surface area contributed by atoms with Gasteiger partial charge in [-0.3, -0.25) is 4.79 Å². The molecule has 0 saturated carbocycles. The molecule has 12 bridgehead atoms. The second kappa shape index (κ2) is 20.2. The van der Waals surface area contributed by atoms with Crippen molar-refractivity contribution in [3.63, 3.8) is 0 Å². The highest BCUT2D eigenvalue weighted by Gasteiger charge is 2.75. The summed E-state index contributed by atoms with van der Waals surface area (Å²) in [4.78, 5) is 14.6. The first kappa shape index (κ1) is 54.9. The van der Waals surface area contributed by atoms with Crippen molar-refractivity contribution in [2.75, 3.05) is 6.61 Å². The van der Waals surface area contributed by atoms with Crippen LogP contribution in [0.1, 0.15) is 143 Å². The summed E-state index contributed by atoms with van der Waals surface area (Å²) in [5.74, 6) is -4.74. The molecule has 16 rings (SSSR count). The molecule has 16 aliphatic heterocycles. The molecule has 20 nitrogen and oxygen atoms in total. The van der Waals surface area contributed by atoms with Gasteiger partial charge in [-0.05, 0) is 73.8 Å². The van der Waals surface area contributed by atoms with Crippen LogP contribution in [0.4, 0.5) is 0 Å². The van der Waals surface area contributed by atoms with Gasteiger partial charge in [0.15, 0.2) is 17.4 Å². The molecule has 3 spiro atoms. The minimum Gasteiger partial charge on any atom is -0.459 e. The van der Waals surface area contributed by atoms with Gasteiger partial charge in [0.2, 0.25) is 5.79 Å². The van der Waals surface area contributed by atoms with Crippen molar-refractivity contribution in [1.82, 2.24) is 0 Å². The van der Waals surface area contributed by atoms with Gasteiger partial charge in [0.05, 0.1) is 129 Å². The molecule has 0 aromatic rings. The Hall–Kier alpha value is -1.77. The van der Waals surface area contributed by atoms with Crippen molar-refractivity contribution in [1.29, 1.82) is 0 Å². The molecule has 0 amide bonds. The first-order valence-electron chi connectivity index (χ1n) is 30.9. The van der Waals surface area contributed by atoms with Gasteiger partial charge in [0.25, 0.3) is 0 Å². The summed E-state index contributed by atoms with van der Waals surface area (Å²) >= 11 is 0. The number of carbonyl (C=O) groups excluding carboxylic acids is 1. The highest BCUT2D eigenvalue weighted by atomic mass is 16.8. The molecule has 20 heteroatoms. The van der Waals surface area contributed by atoms with Crippen LogP contribution >= 0.6 is 0 Å². The molecule has 0 aromatic heterocycles. The predicted molar refractivity (Wildman–Crippen MR) is 275 cm³/mol. The summed E-state index contributed by atoms with van der Waals surface area (Å²) in [6.45, 7) is 17.3. The molecule has 0 unspecified atom stereocenters. The van der Waals surface area contributed by atoms with E-state index in [1.165, 1.54) is 0 Å². The Labute approximate surface area is 468 Å². The van der Waals surface area contributed by atoms with Crippen LogP contribution in [0.15, 0.2) is 24.3 Å². The lowest BCUT2D eigenvalue weighted by Gasteiger charge is -2.50. The molecule has 0 radical (unpaired) electrons. The smallest absolute Gasteiger partial charge is 0.308 e. The highest BCUT2D eigenvalue weighted by Crippen LogP contribution is 2.59. The molecule has 4 N–H and O–H groups in total. The van der Waals surface area contributed by atoms with E-state index in [4.69, 9.17) is 71.1 Å². The quantitative estimate of drug-likeness (QED) is 0.228. The largest absolute Gasteiger partial charge is 0.459 e. The van der Waals surface area contributed by atoms with Crippen LogP contribution in [-0.4, -0.2) is 203 Å². The zero-order chi connectivity index (χ0) is 54.9. The number of hydrogen-bond donors (Lipinski definition) is 4. The number of aliphatic hydroxyl groups excluding tert-OH is 3. The van der Waals surface area contributed by atoms with Crippen LogP contribution < -0.4 is 0 Å². The van der Waals surface area contributed by atoms with Crippen molar-refractivity contribution < 1.29 is 96.3 Å². The Bertz CT molecular complexity index is 2400. The van der Waals surface area contributed by atoms with Crippen LogP contribution in [0.2, 0.25) is 0 Å². The summed E-state index contributed by atoms with van der Waals surface area (Å²) in [7, 11) is 0. The summed E-state index contributed by atoms with van der Waals surface area (Å²) in [5, 5.41) is 42.3. The fourth-order valence-electron chi connectivity index (χ4n) is 18.2. The SMILES string of the molecule is C=C1C[C@@H]2CC[C@@]34C[C@]5(O)O[C@H]6[C@@H](O3)[C@H]3O[C@H](CC[C@@H]3O[C@H]6[C@H]5O4)CC(=O)O[C@@H]3[C@@H](C)[C@@H]4O[C@@H]5C[C@]6(C[C@@H]7O[C@]8(C[C@H](C)[C@@H]9O[C@H]([C@@H](O)C[C@@H](O)CO)C[C@@H]9O8)C[C@H](C)[C@@H]7O6)O[C@@H]5C[C@@H]4O[C@H]3C[C@H]3O[C@@H](CC[C@@H]1O2)C[C@@H](C)C3=C. The Morgan fingerprint density at radius 3 is 2.09 bits per heavy atom. The fraction of sp³-hybridized carbons (Fsp3) is 0.917. The zero-order valence-electron chi connectivity index (χ0n) is 46.8. The molecule has 16 saturated heterocycles. The lowest BCUT2D eigenvalue weighted by molar-refractivity contribution is -0.347. The van der Waals surface area contributed by atoms with E-state index in [2.05, 4.69) is 40.9 Å². The molecule has 32 atom stereocenters. The average molecular weight is 1130 g/mol. The average Bonchev–Trinajstić information content (AvgIpc) is 4.40. The van der Waals surface area contributed by atoms with Crippen LogP contribution in [0.5, 0.6) is 0 Å². The summed E-state index contributed by atoms with van der Waals surface area (Å²) < 4.78 is 103. The minimum atomic E-state index is -1.55. The standard InChI is InChI=1S/C60H86O20/c1-26-13-33-7-9-37-27(2)14-35(66-37)11-12-57-25-60(65)56(80-57)55-54(79-60)53(78-57)52-38(70-55)10-8-34(68-52)16-47(64)73-51-31(6)50-43(69-42(51)17-39(67-33)30(26)5)19-41-45(72-50)22-59(74-41)23-46-49(77-59)29(4)21-58(76-46)20-28(3)48-44(75-58)18-40(71-48)36(63)15-32(62)24-61/h26,28-29,31-46,48-56,61-63,65H,2,5,7-25H2,1,3-4,6H3/t26-,28+,29+,31+,32-,33+,34-,35+,36+,37+,38+,39-,40+,41-,42+,43+,44+,45-,46+,48+,49+,50+,51-,52+,53+,54+,55-,56-,57-,58-,59+,60+/m1/s1. The highest BCUT2D eigenvalue weighted by molar-refractivity contribution is 5.70. The summed E-state index contributed by atoms with van der Waals surface area (Å²) in [5.41, 5.74) is 2.08. The molecular formula is C60H86O20. The fourth-order valence-corrected chi connectivity index (χ4v) is 18.2. The van der Waals surface area contributed by atoms with Crippen LogP contribution in [0.3, 0.4) is 0 Å². The van der Waals surface area contributed by atoms with Gasteiger partial charge in [-0.15, -0.1) is 0 Å². The maximum absolute atomic E-state index is 14.6. The third-order valence-electron chi connectivity index (χ3n) is 22.0. The van der Waals surface area contributed by atoms with Crippen LogP contribution in [0, 0.1) is 23.7 Å². The van der Waals surface area contributed by atoms with E-state index < -0.39 is 103 Å². The van der Waals surface area contributed by atoms with Crippen molar-refractivity contribution in [3.8, 4) is 0 Å². The molecule has 0 aromatic carbocycles. The maximum Gasteiger partial charge on any atom is 0.308 e. The third-order valence-corrected chi connectivity index (χ3v) is 22.0. The second-order valence-electron chi connectivity index (χ2n) is 27.8. The number of fused-ring (bicyclic) bond motifs is 10. The summed E-state index contributed by atoms with van der Waals surface area (Å²) in [6, 6.07) is 0.